The van der Waals surface area contributed by atoms with E-state index in [1.807, 2.05) is 13.1 Å². The van der Waals surface area contributed by atoms with Crippen LogP contribution in [0.2, 0.25) is 0 Å². The summed E-state index contributed by atoms with van der Waals surface area (Å²) in [5.74, 6) is -0.162. The molecular weight excluding hydrogens is 240 g/mol. The van der Waals surface area contributed by atoms with Crippen LogP contribution in [0.5, 0.6) is 0 Å². The lowest BCUT2D eigenvalue weighted by Crippen LogP contribution is -2.43. The summed E-state index contributed by atoms with van der Waals surface area (Å²) >= 11 is 0. The van der Waals surface area contributed by atoms with Crippen LogP contribution >= 0.6 is 0 Å². The van der Waals surface area contributed by atoms with Gasteiger partial charge in [-0.25, -0.2) is 4.79 Å². The molecule has 0 N–H and O–H groups in total. The summed E-state index contributed by atoms with van der Waals surface area (Å²) in [5.41, 5.74) is 0.792. The Morgan fingerprint density at radius 1 is 1.21 bits per heavy atom. The van der Waals surface area contributed by atoms with Crippen molar-refractivity contribution in [3.8, 4) is 0 Å². The number of ether oxygens (including phenoxy) is 1. The highest BCUT2D eigenvalue weighted by molar-refractivity contribution is 5.88. The van der Waals surface area contributed by atoms with Crippen molar-refractivity contribution in [2.24, 2.45) is 0 Å². The molecule has 0 fully saturated rings. The fraction of sp³-hybridized carbons (Fsp3) is 0.800. The molecule has 0 saturated heterocycles. The van der Waals surface area contributed by atoms with Crippen molar-refractivity contribution in [1.29, 1.82) is 0 Å². The van der Waals surface area contributed by atoms with Gasteiger partial charge in [-0.1, -0.05) is 26.7 Å². The number of unbranched alkanes of at least 4 members (excludes halogenated alkanes) is 2. The molecule has 1 aliphatic heterocycles. The lowest BCUT2D eigenvalue weighted by Gasteiger charge is -2.35. The maximum atomic E-state index is 11.9. The molecule has 19 heavy (non-hydrogen) atoms. The third-order valence-electron chi connectivity index (χ3n) is 3.28. The summed E-state index contributed by atoms with van der Waals surface area (Å²) in [4.78, 5) is 16.5. The first-order valence-electron chi connectivity index (χ1n) is 7.55. The van der Waals surface area contributed by atoms with Gasteiger partial charge in [-0.2, -0.15) is 0 Å². The number of carbonyl (C=O) groups excluding carboxylic acids is 1. The fourth-order valence-corrected chi connectivity index (χ4v) is 2.22. The van der Waals surface area contributed by atoms with Crippen LogP contribution in [-0.4, -0.2) is 48.7 Å². The zero-order valence-corrected chi connectivity index (χ0v) is 12.7. The van der Waals surface area contributed by atoms with Crippen LogP contribution in [0, 0.1) is 0 Å². The molecule has 110 valence electrons. The largest absolute Gasteiger partial charge is 0.463 e. The predicted octanol–water partition coefficient (Wildman–Crippen LogP) is 2.61. The van der Waals surface area contributed by atoms with Crippen molar-refractivity contribution in [3.63, 3.8) is 0 Å². The SMILES string of the molecule is CCCCN1C=C(C(=O)OCC)CN(CCCC)C1. The second kappa shape index (κ2) is 8.97. The summed E-state index contributed by atoms with van der Waals surface area (Å²) in [6.07, 6.45) is 6.69. The molecule has 1 rings (SSSR count). The molecule has 0 unspecified atom stereocenters. The molecule has 0 aromatic heterocycles. The van der Waals surface area contributed by atoms with Crippen LogP contribution in [0.4, 0.5) is 0 Å². The van der Waals surface area contributed by atoms with E-state index in [9.17, 15) is 4.79 Å². The summed E-state index contributed by atoms with van der Waals surface area (Å²) in [6.45, 7) is 10.4. The first-order valence-corrected chi connectivity index (χ1v) is 7.55. The minimum Gasteiger partial charge on any atom is -0.463 e. The number of carbonyl (C=O) groups is 1. The average Bonchev–Trinajstić information content (AvgIpc) is 2.43. The van der Waals surface area contributed by atoms with Gasteiger partial charge in [0, 0.05) is 25.8 Å². The molecule has 4 heteroatoms. The van der Waals surface area contributed by atoms with Crippen LogP contribution in [0.25, 0.3) is 0 Å². The van der Waals surface area contributed by atoms with Gasteiger partial charge in [0.2, 0.25) is 0 Å². The molecule has 4 nitrogen and oxygen atoms in total. The zero-order chi connectivity index (χ0) is 14.1. The number of rotatable bonds is 8. The molecule has 1 heterocycles. The molecule has 0 spiro atoms. The Kier molecular flexibility index (Phi) is 7.56. The fourth-order valence-electron chi connectivity index (χ4n) is 2.22. The van der Waals surface area contributed by atoms with E-state index in [1.54, 1.807) is 0 Å². The van der Waals surface area contributed by atoms with Crippen molar-refractivity contribution in [1.82, 2.24) is 9.80 Å². The lowest BCUT2D eigenvalue weighted by atomic mass is 10.2. The Morgan fingerprint density at radius 3 is 2.53 bits per heavy atom. The van der Waals surface area contributed by atoms with Crippen molar-refractivity contribution >= 4 is 5.97 Å². The van der Waals surface area contributed by atoms with Gasteiger partial charge in [0.05, 0.1) is 18.8 Å². The molecule has 0 amide bonds. The number of hydrogen-bond donors (Lipinski definition) is 0. The van der Waals surface area contributed by atoms with E-state index < -0.39 is 0 Å². The first kappa shape index (κ1) is 16.0. The zero-order valence-electron chi connectivity index (χ0n) is 12.7. The Morgan fingerprint density at radius 2 is 1.89 bits per heavy atom. The second-order valence-electron chi connectivity index (χ2n) is 5.09. The van der Waals surface area contributed by atoms with Gasteiger partial charge in [-0.15, -0.1) is 0 Å². The van der Waals surface area contributed by atoms with Crippen LogP contribution in [-0.2, 0) is 9.53 Å². The molecule has 0 radical (unpaired) electrons. The highest BCUT2D eigenvalue weighted by Gasteiger charge is 2.22. The quantitative estimate of drug-likeness (QED) is 0.634. The van der Waals surface area contributed by atoms with E-state index in [1.165, 1.54) is 19.3 Å². The molecule has 0 aromatic rings. The third kappa shape index (κ3) is 5.64. The summed E-state index contributed by atoms with van der Waals surface area (Å²) < 4.78 is 5.13. The van der Waals surface area contributed by atoms with E-state index >= 15 is 0 Å². The smallest absolute Gasteiger partial charge is 0.336 e. The Labute approximate surface area is 117 Å². The van der Waals surface area contributed by atoms with Crippen molar-refractivity contribution < 1.29 is 9.53 Å². The van der Waals surface area contributed by atoms with Crippen LogP contribution in [0.3, 0.4) is 0 Å². The predicted molar refractivity (Wildman–Crippen MR) is 77.7 cm³/mol. The maximum Gasteiger partial charge on any atom is 0.336 e. The van der Waals surface area contributed by atoms with Crippen LogP contribution in [0.15, 0.2) is 11.8 Å². The first-order chi connectivity index (χ1) is 9.21. The summed E-state index contributed by atoms with van der Waals surface area (Å²) in [6, 6.07) is 0. The summed E-state index contributed by atoms with van der Waals surface area (Å²) in [5, 5.41) is 0. The van der Waals surface area contributed by atoms with E-state index in [4.69, 9.17) is 4.74 Å². The van der Waals surface area contributed by atoms with Gasteiger partial charge in [-0.05, 0) is 19.8 Å². The van der Waals surface area contributed by atoms with E-state index in [-0.39, 0.29) is 5.97 Å². The minimum absolute atomic E-state index is 0.162. The lowest BCUT2D eigenvalue weighted by molar-refractivity contribution is -0.139. The normalized spacial score (nSPS) is 16.4. The third-order valence-corrected chi connectivity index (χ3v) is 3.28. The van der Waals surface area contributed by atoms with Gasteiger partial charge in [0.25, 0.3) is 0 Å². The topological polar surface area (TPSA) is 32.8 Å². The van der Waals surface area contributed by atoms with Gasteiger partial charge in [-0.3, -0.25) is 4.90 Å². The highest BCUT2D eigenvalue weighted by atomic mass is 16.5. The molecule has 0 saturated carbocycles. The van der Waals surface area contributed by atoms with Crippen LogP contribution in [0.1, 0.15) is 46.5 Å². The number of esters is 1. The Balaban J connectivity index is 2.63. The molecule has 0 atom stereocenters. The van der Waals surface area contributed by atoms with E-state index in [0.717, 1.165) is 38.3 Å². The molecule has 0 aromatic carbocycles. The Bertz CT molecular complexity index is 303. The van der Waals surface area contributed by atoms with Gasteiger partial charge in [0.15, 0.2) is 0 Å². The average molecular weight is 268 g/mol. The van der Waals surface area contributed by atoms with Gasteiger partial charge in [0.1, 0.15) is 0 Å². The monoisotopic (exact) mass is 268 g/mol. The van der Waals surface area contributed by atoms with Crippen molar-refractivity contribution in [2.45, 2.75) is 46.5 Å². The van der Waals surface area contributed by atoms with Crippen molar-refractivity contribution in [3.05, 3.63) is 11.8 Å². The standard InChI is InChI=1S/C15H28N2O2/c1-4-7-9-16-11-14(15(18)19-6-3)12-17(13-16)10-8-5-2/h11H,4-10,12-13H2,1-3H3. The van der Waals surface area contributed by atoms with Crippen LogP contribution < -0.4 is 0 Å². The second-order valence-corrected chi connectivity index (χ2v) is 5.09. The minimum atomic E-state index is -0.162. The van der Waals surface area contributed by atoms with Gasteiger partial charge >= 0.3 is 5.97 Å². The molecule has 0 aliphatic carbocycles. The molecule has 0 bridgehead atoms. The van der Waals surface area contributed by atoms with E-state index in [0.29, 0.717) is 6.61 Å². The van der Waals surface area contributed by atoms with E-state index in [2.05, 4.69) is 23.6 Å². The van der Waals surface area contributed by atoms with Crippen molar-refractivity contribution in [2.75, 3.05) is 32.9 Å². The highest BCUT2D eigenvalue weighted by Crippen LogP contribution is 2.14. The maximum absolute atomic E-state index is 11.9. The Hall–Kier alpha value is -1.03. The number of nitrogens with zero attached hydrogens (tertiary/aromatic N) is 2. The number of hydrogen-bond acceptors (Lipinski definition) is 4. The molecular formula is C15H28N2O2. The summed E-state index contributed by atoms with van der Waals surface area (Å²) in [7, 11) is 0. The molecule has 1 aliphatic rings. The van der Waals surface area contributed by atoms with Gasteiger partial charge < -0.3 is 9.64 Å².